The van der Waals surface area contributed by atoms with E-state index in [-0.39, 0.29) is 24.0 Å². The molecule has 2 aromatic carbocycles. The third-order valence-electron chi connectivity index (χ3n) is 5.67. The zero-order chi connectivity index (χ0) is 26.4. The molecule has 0 spiro atoms. The molecule has 0 atom stereocenters. The van der Waals surface area contributed by atoms with Gasteiger partial charge in [0.2, 0.25) is 5.91 Å². The summed E-state index contributed by atoms with van der Waals surface area (Å²) in [5.41, 5.74) is 1.88. The highest BCUT2D eigenvalue weighted by Gasteiger charge is 2.37. The fourth-order valence-corrected chi connectivity index (χ4v) is 5.23. The number of halogens is 1. The van der Waals surface area contributed by atoms with Gasteiger partial charge in [0.15, 0.2) is 11.5 Å². The summed E-state index contributed by atoms with van der Waals surface area (Å²) in [6.07, 6.45) is 1.59. The highest BCUT2D eigenvalue weighted by atomic mass is 79.9. The Bertz CT molecular complexity index is 1290. The van der Waals surface area contributed by atoms with Crippen LogP contribution in [0.1, 0.15) is 23.6 Å². The molecule has 2 aromatic rings. The zero-order valence-electron chi connectivity index (χ0n) is 20.1. The number of benzene rings is 2. The molecular weight excluding hydrogens is 562 g/mol. The molecule has 2 fully saturated rings. The van der Waals surface area contributed by atoms with Crippen LogP contribution in [-0.4, -0.2) is 66.3 Å². The minimum Gasteiger partial charge on any atom is -0.490 e. The van der Waals surface area contributed by atoms with Crippen LogP contribution in [0.2, 0.25) is 0 Å². The summed E-state index contributed by atoms with van der Waals surface area (Å²) < 4.78 is 17.6. The lowest BCUT2D eigenvalue weighted by molar-refractivity contribution is -0.139. The quantitative estimate of drug-likeness (QED) is 0.424. The molecule has 0 aromatic heterocycles. The zero-order valence-corrected chi connectivity index (χ0v) is 22.5. The second-order valence-electron chi connectivity index (χ2n) is 8.08. The Kier molecular flexibility index (Phi) is 8.87. The Morgan fingerprint density at radius 3 is 2.70 bits per heavy atom. The number of hydrogen-bond donors (Lipinski definition) is 0. The number of ether oxygens (including phenoxy) is 3. The lowest BCUT2D eigenvalue weighted by atomic mass is 10.1. The molecule has 9 nitrogen and oxygen atoms in total. The van der Waals surface area contributed by atoms with E-state index in [9.17, 15) is 19.6 Å². The van der Waals surface area contributed by atoms with E-state index in [1.165, 1.54) is 0 Å². The Morgan fingerprint density at radius 1 is 1.22 bits per heavy atom. The molecule has 2 heterocycles. The number of nitrogens with zero attached hydrogens (tertiary/aromatic N) is 3. The number of carbonyl (C=O) groups excluding carboxylic acids is 3. The number of imide groups is 1. The van der Waals surface area contributed by atoms with Gasteiger partial charge in [0, 0.05) is 18.7 Å². The number of amides is 3. The van der Waals surface area contributed by atoms with Gasteiger partial charge in [-0.2, -0.15) is 5.26 Å². The maximum Gasteiger partial charge on any atom is 0.294 e. The number of hydrogen-bond acceptors (Lipinski definition) is 8. The Morgan fingerprint density at radius 2 is 1.97 bits per heavy atom. The molecule has 11 heteroatoms. The first-order valence-electron chi connectivity index (χ1n) is 11.6. The van der Waals surface area contributed by atoms with E-state index in [2.05, 4.69) is 22.0 Å². The summed E-state index contributed by atoms with van der Waals surface area (Å²) in [5.74, 6) is 0.0991. The molecule has 0 N–H and O–H groups in total. The van der Waals surface area contributed by atoms with Crippen LogP contribution in [0.25, 0.3) is 6.08 Å². The van der Waals surface area contributed by atoms with Crippen molar-refractivity contribution in [3.8, 4) is 17.6 Å². The standard InChI is InChI=1S/C26H24BrN3O6S/c1-2-35-21-12-17(11-20(27)24(21)36-16-19-6-4-3-5-18(19)14-28)13-22-25(32)30(26(33)37-22)15-23(31)29-7-9-34-10-8-29/h3-6,11-13H,2,7-10,15-16H2,1H3/b22-13+. The van der Waals surface area contributed by atoms with Crippen molar-refractivity contribution in [2.75, 3.05) is 39.5 Å². The van der Waals surface area contributed by atoms with Crippen molar-refractivity contribution >= 4 is 50.8 Å². The molecule has 2 saturated heterocycles. The van der Waals surface area contributed by atoms with Gasteiger partial charge in [0.05, 0.1) is 40.8 Å². The number of carbonyl (C=O) groups is 3. The summed E-state index contributed by atoms with van der Waals surface area (Å²) in [5, 5.41) is 8.84. The van der Waals surface area contributed by atoms with E-state index in [0.29, 0.717) is 60.0 Å². The normalized spacial score (nSPS) is 16.7. The van der Waals surface area contributed by atoms with E-state index in [4.69, 9.17) is 14.2 Å². The predicted molar refractivity (Wildman–Crippen MR) is 141 cm³/mol. The van der Waals surface area contributed by atoms with Crippen LogP contribution in [0.4, 0.5) is 4.79 Å². The van der Waals surface area contributed by atoms with Gasteiger partial charge in [-0.3, -0.25) is 19.3 Å². The Balaban J connectivity index is 1.52. The molecule has 4 rings (SSSR count). The van der Waals surface area contributed by atoms with Gasteiger partial charge in [0.1, 0.15) is 13.2 Å². The Hall–Kier alpha value is -3.33. The first kappa shape index (κ1) is 26.7. The van der Waals surface area contributed by atoms with Gasteiger partial charge in [0.25, 0.3) is 11.1 Å². The van der Waals surface area contributed by atoms with Crippen LogP contribution < -0.4 is 9.47 Å². The van der Waals surface area contributed by atoms with E-state index < -0.39 is 11.1 Å². The molecule has 192 valence electrons. The van der Waals surface area contributed by atoms with Crippen LogP contribution in [0, 0.1) is 11.3 Å². The third-order valence-corrected chi connectivity index (χ3v) is 7.17. The fourth-order valence-electron chi connectivity index (χ4n) is 3.82. The first-order chi connectivity index (χ1) is 17.9. The van der Waals surface area contributed by atoms with Crippen LogP contribution in [0.5, 0.6) is 11.5 Å². The molecule has 3 amide bonds. The lowest BCUT2D eigenvalue weighted by Crippen LogP contribution is -2.46. The van der Waals surface area contributed by atoms with Gasteiger partial charge in [-0.1, -0.05) is 18.2 Å². The molecule has 2 aliphatic rings. The summed E-state index contributed by atoms with van der Waals surface area (Å²) in [6.45, 7) is 3.84. The van der Waals surface area contributed by atoms with E-state index in [1.807, 2.05) is 19.1 Å². The topological polar surface area (TPSA) is 109 Å². The van der Waals surface area contributed by atoms with Gasteiger partial charge in [-0.25, -0.2) is 0 Å². The van der Waals surface area contributed by atoms with Crippen LogP contribution in [0.3, 0.4) is 0 Å². The van der Waals surface area contributed by atoms with Crippen molar-refractivity contribution < 1.29 is 28.6 Å². The van der Waals surface area contributed by atoms with Crippen molar-refractivity contribution in [2.45, 2.75) is 13.5 Å². The van der Waals surface area contributed by atoms with E-state index in [0.717, 1.165) is 22.2 Å². The largest absolute Gasteiger partial charge is 0.490 e. The van der Waals surface area contributed by atoms with Crippen LogP contribution in [-0.2, 0) is 20.9 Å². The monoisotopic (exact) mass is 585 g/mol. The summed E-state index contributed by atoms with van der Waals surface area (Å²) in [6, 6.07) is 12.8. The third kappa shape index (κ3) is 6.33. The molecular formula is C26H24BrN3O6S. The second kappa shape index (κ2) is 12.3. The molecule has 37 heavy (non-hydrogen) atoms. The molecule has 0 bridgehead atoms. The average molecular weight is 586 g/mol. The molecule has 0 saturated carbocycles. The summed E-state index contributed by atoms with van der Waals surface area (Å²) in [4.78, 5) is 40.8. The van der Waals surface area contributed by atoms with Gasteiger partial charge in [-0.05, 0) is 64.5 Å². The van der Waals surface area contributed by atoms with Crippen LogP contribution in [0.15, 0.2) is 45.8 Å². The minimum absolute atomic E-state index is 0.164. The van der Waals surface area contributed by atoms with Gasteiger partial charge < -0.3 is 19.1 Å². The maximum atomic E-state index is 12.9. The Labute approximate surface area is 227 Å². The lowest BCUT2D eigenvalue weighted by Gasteiger charge is -2.28. The summed E-state index contributed by atoms with van der Waals surface area (Å²) >= 11 is 4.30. The fraction of sp³-hybridized carbons (Fsp3) is 0.308. The SMILES string of the molecule is CCOc1cc(/C=C2/SC(=O)N(CC(=O)N3CCOCC3)C2=O)cc(Br)c1OCc1ccccc1C#N. The highest BCUT2D eigenvalue weighted by Crippen LogP contribution is 2.40. The smallest absolute Gasteiger partial charge is 0.294 e. The van der Waals surface area contributed by atoms with Gasteiger partial charge >= 0.3 is 0 Å². The number of morpholine rings is 1. The van der Waals surface area contributed by atoms with Crippen molar-refractivity contribution in [3.63, 3.8) is 0 Å². The van der Waals surface area contributed by atoms with Crippen LogP contribution >= 0.6 is 27.7 Å². The highest BCUT2D eigenvalue weighted by molar-refractivity contribution is 9.10. The second-order valence-corrected chi connectivity index (χ2v) is 9.93. The number of rotatable bonds is 8. The van der Waals surface area contributed by atoms with Crippen molar-refractivity contribution in [1.29, 1.82) is 5.26 Å². The number of thioether (sulfide) groups is 1. The van der Waals surface area contributed by atoms with Crippen molar-refractivity contribution in [2.24, 2.45) is 0 Å². The van der Waals surface area contributed by atoms with Gasteiger partial charge in [-0.15, -0.1) is 0 Å². The summed E-state index contributed by atoms with van der Waals surface area (Å²) in [7, 11) is 0. The predicted octanol–water partition coefficient (Wildman–Crippen LogP) is 4.19. The van der Waals surface area contributed by atoms with E-state index in [1.54, 1.807) is 35.2 Å². The number of nitriles is 1. The van der Waals surface area contributed by atoms with Crippen molar-refractivity contribution in [3.05, 3.63) is 62.5 Å². The molecule has 0 radical (unpaired) electrons. The molecule has 2 aliphatic heterocycles. The van der Waals surface area contributed by atoms with Crippen molar-refractivity contribution in [1.82, 2.24) is 9.80 Å². The average Bonchev–Trinajstić information content (AvgIpc) is 3.16. The van der Waals surface area contributed by atoms with E-state index >= 15 is 0 Å². The first-order valence-corrected chi connectivity index (χ1v) is 13.2. The minimum atomic E-state index is -0.515. The molecule has 0 unspecified atom stereocenters. The molecule has 0 aliphatic carbocycles. The maximum absolute atomic E-state index is 12.9.